The fourth-order valence-corrected chi connectivity index (χ4v) is 3.63. The first-order chi connectivity index (χ1) is 10.2. The number of hydrogen-bond acceptors (Lipinski definition) is 3. The molecule has 1 aliphatic heterocycles. The molecule has 2 rings (SSSR count). The lowest BCUT2D eigenvalue weighted by Crippen LogP contribution is -2.47. The number of likely N-dealkylation sites (N-methyl/N-ethyl adjacent to an activating group) is 1. The van der Waals surface area contributed by atoms with Gasteiger partial charge in [0.1, 0.15) is 0 Å². The Morgan fingerprint density at radius 1 is 1.29 bits per heavy atom. The Hall–Kier alpha value is -0.610. The average molecular weight is 296 g/mol. The maximum atomic E-state index is 12.5. The van der Waals surface area contributed by atoms with Crippen LogP contribution in [0.25, 0.3) is 0 Å². The molecular formula is C17H32N2O2. The predicted octanol–water partition coefficient (Wildman–Crippen LogP) is 2.43. The van der Waals surface area contributed by atoms with Crippen LogP contribution in [0.4, 0.5) is 0 Å². The second-order valence-electron chi connectivity index (χ2n) is 6.78. The molecule has 1 amide bonds. The van der Waals surface area contributed by atoms with Crippen molar-refractivity contribution in [3.8, 4) is 0 Å². The van der Waals surface area contributed by atoms with Gasteiger partial charge in [0.15, 0.2) is 0 Å². The Labute approximate surface area is 129 Å². The van der Waals surface area contributed by atoms with Crippen LogP contribution in [0, 0.1) is 11.8 Å². The number of hydrogen-bond donors (Lipinski definition) is 1. The number of rotatable bonds is 6. The Morgan fingerprint density at radius 2 is 2.05 bits per heavy atom. The summed E-state index contributed by atoms with van der Waals surface area (Å²) in [6.07, 6.45) is 8.80. The average Bonchev–Trinajstić information content (AvgIpc) is 2.53. The van der Waals surface area contributed by atoms with E-state index in [0.717, 1.165) is 45.0 Å². The minimum atomic E-state index is 0.161. The van der Waals surface area contributed by atoms with Gasteiger partial charge in [-0.15, -0.1) is 0 Å². The van der Waals surface area contributed by atoms with E-state index in [1.54, 1.807) is 0 Å². The Balaban J connectivity index is 1.70. The molecule has 4 nitrogen and oxygen atoms in total. The van der Waals surface area contributed by atoms with E-state index in [-0.39, 0.29) is 12.0 Å². The van der Waals surface area contributed by atoms with E-state index in [1.807, 2.05) is 11.9 Å². The van der Waals surface area contributed by atoms with E-state index in [1.165, 1.54) is 32.1 Å². The third-order valence-corrected chi connectivity index (χ3v) is 5.02. The number of nitrogens with one attached hydrogen (secondary N) is 1. The van der Waals surface area contributed by atoms with Crippen molar-refractivity contribution >= 4 is 5.91 Å². The molecule has 1 N–H and O–H groups in total. The third kappa shape index (κ3) is 5.26. The second kappa shape index (κ2) is 8.74. The van der Waals surface area contributed by atoms with Crippen LogP contribution in [0.3, 0.4) is 0 Å². The maximum Gasteiger partial charge on any atom is 0.225 e. The van der Waals surface area contributed by atoms with Gasteiger partial charge in [0.05, 0.1) is 12.7 Å². The Kier molecular flexibility index (Phi) is 6.97. The topological polar surface area (TPSA) is 41.6 Å². The highest BCUT2D eigenvalue weighted by Gasteiger charge is 2.29. The molecule has 0 aromatic heterocycles. The molecule has 2 fully saturated rings. The predicted molar refractivity (Wildman–Crippen MR) is 85.2 cm³/mol. The molecule has 1 aliphatic carbocycles. The third-order valence-electron chi connectivity index (χ3n) is 5.02. The molecule has 1 saturated carbocycles. The lowest BCUT2D eigenvalue weighted by Gasteiger charge is -2.33. The van der Waals surface area contributed by atoms with Crippen LogP contribution in [0.15, 0.2) is 0 Å². The highest BCUT2D eigenvalue weighted by molar-refractivity contribution is 5.78. The van der Waals surface area contributed by atoms with Crippen molar-refractivity contribution in [2.75, 3.05) is 33.3 Å². The standard InChI is InChI=1S/C17H32N2O2/c1-3-4-5-14-6-8-15(9-7-14)17(20)19(2)13-16-12-18-10-11-21-16/h14-16,18H,3-13H2,1-2H3. The molecule has 0 spiro atoms. The number of ether oxygens (including phenoxy) is 1. The van der Waals surface area contributed by atoms with Crippen LogP contribution >= 0.6 is 0 Å². The number of nitrogens with zero attached hydrogens (tertiary/aromatic N) is 1. The molecule has 0 radical (unpaired) electrons. The van der Waals surface area contributed by atoms with Crippen molar-refractivity contribution in [1.82, 2.24) is 10.2 Å². The normalized spacial score (nSPS) is 30.1. The van der Waals surface area contributed by atoms with Crippen LogP contribution in [0.1, 0.15) is 51.9 Å². The zero-order valence-electron chi connectivity index (χ0n) is 13.8. The molecule has 4 heteroatoms. The van der Waals surface area contributed by atoms with Gasteiger partial charge >= 0.3 is 0 Å². The summed E-state index contributed by atoms with van der Waals surface area (Å²) in [7, 11) is 1.93. The van der Waals surface area contributed by atoms with Crippen molar-refractivity contribution in [1.29, 1.82) is 0 Å². The molecule has 1 saturated heterocycles. The quantitative estimate of drug-likeness (QED) is 0.818. The van der Waals surface area contributed by atoms with Crippen LogP contribution < -0.4 is 5.32 Å². The molecule has 122 valence electrons. The number of unbranched alkanes of at least 4 members (excludes halogenated alkanes) is 1. The largest absolute Gasteiger partial charge is 0.374 e. The van der Waals surface area contributed by atoms with E-state index >= 15 is 0 Å². The molecule has 21 heavy (non-hydrogen) atoms. The highest BCUT2D eigenvalue weighted by atomic mass is 16.5. The molecule has 0 bridgehead atoms. The van der Waals surface area contributed by atoms with E-state index in [4.69, 9.17) is 4.74 Å². The summed E-state index contributed by atoms with van der Waals surface area (Å²) in [5, 5.41) is 3.32. The first-order valence-electron chi connectivity index (χ1n) is 8.78. The summed E-state index contributed by atoms with van der Waals surface area (Å²) < 4.78 is 5.69. The lowest BCUT2D eigenvalue weighted by molar-refractivity contribution is -0.137. The van der Waals surface area contributed by atoms with Crippen LogP contribution in [-0.2, 0) is 9.53 Å². The first kappa shape index (κ1) is 16.8. The summed E-state index contributed by atoms with van der Waals surface area (Å²) >= 11 is 0. The van der Waals surface area contributed by atoms with Crippen LogP contribution in [-0.4, -0.2) is 50.2 Å². The van der Waals surface area contributed by atoms with Crippen LogP contribution in [0.2, 0.25) is 0 Å². The van der Waals surface area contributed by atoms with Crippen molar-refractivity contribution in [2.45, 2.75) is 58.0 Å². The van der Waals surface area contributed by atoms with Crippen molar-refractivity contribution < 1.29 is 9.53 Å². The highest BCUT2D eigenvalue weighted by Crippen LogP contribution is 2.32. The van der Waals surface area contributed by atoms with Gasteiger partial charge < -0.3 is 15.0 Å². The van der Waals surface area contributed by atoms with Gasteiger partial charge in [-0.2, -0.15) is 0 Å². The SMILES string of the molecule is CCCCC1CCC(C(=O)N(C)CC2CNCCO2)CC1. The van der Waals surface area contributed by atoms with Crippen molar-refractivity contribution in [3.05, 3.63) is 0 Å². The van der Waals surface area contributed by atoms with Gasteiger partial charge in [-0.25, -0.2) is 0 Å². The number of carbonyl (C=O) groups excluding carboxylic acids is 1. The minimum absolute atomic E-state index is 0.161. The van der Waals surface area contributed by atoms with E-state index in [0.29, 0.717) is 5.91 Å². The monoisotopic (exact) mass is 296 g/mol. The molecule has 1 heterocycles. The van der Waals surface area contributed by atoms with Crippen molar-refractivity contribution in [3.63, 3.8) is 0 Å². The zero-order chi connectivity index (χ0) is 15.1. The molecule has 1 atom stereocenters. The van der Waals surface area contributed by atoms with E-state index < -0.39 is 0 Å². The molecule has 0 aromatic rings. The van der Waals surface area contributed by atoms with Gasteiger partial charge in [0, 0.05) is 32.6 Å². The Morgan fingerprint density at radius 3 is 2.67 bits per heavy atom. The second-order valence-corrected chi connectivity index (χ2v) is 6.78. The van der Waals surface area contributed by atoms with Gasteiger partial charge in [-0.05, 0) is 31.6 Å². The fraction of sp³-hybridized carbons (Fsp3) is 0.941. The summed E-state index contributed by atoms with van der Waals surface area (Å²) in [5.41, 5.74) is 0. The number of morpholine rings is 1. The zero-order valence-corrected chi connectivity index (χ0v) is 13.8. The summed E-state index contributed by atoms with van der Waals surface area (Å²) in [5.74, 6) is 1.45. The summed E-state index contributed by atoms with van der Waals surface area (Å²) in [4.78, 5) is 14.4. The smallest absolute Gasteiger partial charge is 0.225 e. The first-order valence-corrected chi connectivity index (χ1v) is 8.78. The van der Waals surface area contributed by atoms with Gasteiger partial charge in [-0.1, -0.05) is 26.2 Å². The van der Waals surface area contributed by atoms with Crippen molar-refractivity contribution in [2.24, 2.45) is 11.8 Å². The molecule has 1 unspecified atom stereocenters. The maximum absolute atomic E-state index is 12.5. The van der Waals surface area contributed by atoms with Gasteiger partial charge in [0.2, 0.25) is 5.91 Å². The number of carbonyl (C=O) groups is 1. The molecule has 2 aliphatic rings. The van der Waals surface area contributed by atoms with Crippen LogP contribution in [0.5, 0.6) is 0 Å². The minimum Gasteiger partial charge on any atom is -0.374 e. The summed E-state index contributed by atoms with van der Waals surface area (Å²) in [6, 6.07) is 0. The number of amides is 1. The summed E-state index contributed by atoms with van der Waals surface area (Å²) in [6.45, 7) is 5.53. The lowest BCUT2D eigenvalue weighted by atomic mass is 9.79. The molecular weight excluding hydrogens is 264 g/mol. The Bertz CT molecular complexity index is 308. The van der Waals surface area contributed by atoms with E-state index in [2.05, 4.69) is 12.2 Å². The molecule has 0 aromatic carbocycles. The van der Waals surface area contributed by atoms with Gasteiger partial charge in [0.25, 0.3) is 0 Å². The fourth-order valence-electron chi connectivity index (χ4n) is 3.63. The van der Waals surface area contributed by atoms with Gasteiger partial charge in [-0.3, -0.25) is 4.79 Å². The van der Waals surface area contributed by atoms with E-state index in [9.17, 15) is 4.79 Å².